The molecule has 12 heavy (non-hydrogen) atoms. The van der Waals surface area contributed by atoms with Crippen molar-refractivity contribution in [2.75, 3.05) is 5.73 Å². The van der Waals surface area contributed by atoms with Crippen molar-refractivity contribution in [2.24, 2.45) is 0 Å². The Labute approximate surface area is 70.8 Å². The molecule has 1 aromatic rings. The molecule has 0 fully saturated rings. The number of rotatable bonds is 2. The quantitative estimate of drug-likeness (QED) is 0.686. The first-order valence-electron chi connectivity index (χ1n) is 4.00. The van der Waals surface area contributed by atoms with E-state index in [0.717, 1.165) is 12.1 Å². The fourth-order valence-electron chi connectivity index (χ4n) is 0.958. The van der Waals surface area contributed by atoms with Gasteiger partial charge >= 0.3 is 0 Å². The molecule has 0 spiro atoms. The largest absolute Gasteiger partial charge is 0.369 e. The monoisotopic (exact) mass is 167 g/mol. The highest BCUT2D eigenvalue weighted by Gasteiger charge is 2.05. The van der Waals surface area contributed by atoms with Crippen molar-refractivity contribution in [1.82, 2.24) is 9.97 Å². The van der Waals surface area contributed by atoms with Gasteiger partial charge in [0.2, 0.25) is 5.95 Å². The topological polar surface area (TPSA) is 71.8 Å². The first-order valence-corrected chi connectivity index (χ1v) is 4.00. The summed E-state index contributed by atoms with van der Waals surface area (Å²) in [5, 5.41) is 0. The summed E-state index contributed by atoms with van der Waals surface area (Å²) in [4.78, 5) is 17.4. The Bertz CT molecular complexity index is 318. The third-order valence-corrected chi connectivity index (χ3v) is 1.90. The number of H-pyrrole nitrogens is 1. The van der Waals surface area contributed by atoms with E-state index in [1.54, 1.807) is 0 Å². The molecule has 0 amide bonds. The lowest BCUT2D eigenvalue weighted by Crippen LogP contribution is -2.13. The summed E-state index contributed by atoms with van der Waals surface area (Å²) in [6, 6.07) is 1.49. The maximum absolute atomic E-state index is 11.0. The van der Waals surface area contributed by atoms with Gasteiger partial charge < -0.3 is 5.73 Å². The zero-order chi connectivity index (χ0) is 9.14. The lowest BCUT2D eigenvalue weighted by atomic mass is 10.1. The molecular formula is C8H13N3O. The number of hydrogen-bond acceptors (Lipinski definition) is 3. The molecular weight excluding hydrogens is 154 g/mol. The van der Waals surface area contributed by atoms with E-state index in [2.05, 4.69) is 9.97 Å². The minimum Gasteiger partial charge on any atom is -0.369 e. The molecule has 3 N–H and O–H groups in total. The predicted molar refractivity (Wildman–Crippen MR) is 48.0 cm³/mol. The van der Waals surface area contributed by atoms with Crippen molar-refractivity contribution < 1.29 is 0 Å². The lowest BCUT2D eigenvalue weighted by molar-refractivity contribution is 0.704. The average Bonchev–Trinajstić information content (AvgIpc) is 2.01. The SMILES string of the molecule is CCC(C)c1cc(=O)[nH]c(N)n1. The van der Waals surface area contributed by atoms with Gasteiger partial charge in [0, 0.05) is 6.07 Å². The van der Waals surface area contributed by atoms with E-state index in [1.165, 1.54) is 6.07 Å². The molecule has 0 radical (unpaired) electrons. The molecule has 0 aromatic carbocycles. The maximum Gasteiger partial charge on any atom is 0.252 e. The first kappa shape index (κ1) is 8.77. The van der Waals surface area contributed by atoms with E-state index in [1.807, 2.05) is 13.8 Å². The molecule has 1 atom stereocenters. The third kappa shape index (κ3) is 1.84. The molecule has 1 aromatic heterocycles. The minimum absolute atomic E-state index is 0.183. The summed E-state index contributed by atoms with van der Waals surface area (Å²) in [7, 11) is 0. The summed E-state index contributed by atoms with van der Waals surface area (Å²) in [6.45, 7) is 4.06. The molecule has 4 heteroatoms. The lowest BCUT2D eigenvalue weighted by Gasteiger charge is -2.06. The Morgan fingerprint density at radius 1 is 1.75 bits per heavy atom. The molecule has 1 heterocycles. The van der Waals surface area contributed by atoms with Crippen molar-refractivity contribution in [3.63, 3.8) is 0 Å². The molecule has 0 aliphatic rings. The first-order chi connectivity index (χ1) is 5.63. The van der Waals surface area contributed by atoms with Gasteiger partial charge in [-0.15, -0.1) is 0 Å². The van der Waals surface area contributed by atoms with Gasteiger partial charge in [-0.3, -0.25) is 9.78 Å². The van der Waals surface area contributed by atoms with Crippen molar-refractivity contribution in [1.29, 1.82) is 0 Å². The summed E-state index contributed by atoms with van der Waals surface area (Å²) in [5.74, 6) is 0.479. The summed E-state index contributed by atoms with van der Waals surface area (Å²) in [5.41, 5.74) is 5.97. The summed E-state index contributed by atoms with van der Waals surface area (Å²) < 4.78 is 0. The molecule has 1 rings (SSSR count). The molecule has 4 nitrogen and oxygen atoms in total. The highest BCUT2D eigenvalue weighted by Crippen LogP contribution is 2.14. The van der Waals surface area contributed by atoms with E-state index in [4.69, 9.17) is 5.73 Å². The number of nitrogens with two attached hydrogens (primary N) is 1. The Hall–Kier alpha value is -1.32. The number of nitrogens with one attached hydrogen (secondary N) is 1. The number of anilines is 1. The van der Waals surface area contributed by atoms with Gasteiger partial charge in [-0.05, 0) is 12.3 Å². The van der Waals surface area contributed by atoms with Gasteiger partial charge in [0.15, 0.2) is 0 Å². The normalized spacial score (nSPS) is 12.8. The van der Waals surface area contributed by atoms with Gasteiger partial charge in [-0.2, -0.15) is 0 Å². The maximum atomic E-state index is 11.0. The van der Waals surface area contributed by atoms with Gasteiger partial charge in [0.1, 0.15) is 0 Å². The van der Waals surface area contributed by atoms with Gasteiger partial charge in [-0.1, -0.05) is 13.8 Å². The van der Waals surface area contributed by atoms with Crippen molar-refractivity contribution in [3.05, 3.63) is 22.1 Å². The van der Waals surface area contributed by atoms with Crippen LogP contribution in [0.15, 0.2) is 10.9 Å². The van der Waals surface area contributed by atoms with Crippen LogP contribution in [0, 0.1) is 0 Å². The van der Waals surface area contributed by atoms with Crippen LogP contribution >= 0.6 is 0 Å². The van der Waals surface area contributed by atoms with Crippen molar-refractivity contribution >= 4 is 5.95 Å². The average molecular weight is 167 g/mol. The Morgan fingerprint density at radius 2 is 2.42 bits per heavy atom. The van der Waals surface area contributed by atoms with Gasteiger partial charge in [-0.25, -0.2) is 4.98 Å². The van der Waals surface area contributed by atoms with Gasteiger partial charge in [0.05, 0.1) is 5.69 Å². The van der Waals surface area contributed by atoms with Crippen LogP contribution < -0.4 is 11.3 Å². The van der Waals surface area contributed by atoms with Crippen LogP contribution in [0.2, 0.25) is 0 Å². The molecule has 0 saturated heterocycles. The second-order valence-electron chi connectivity index (χ2n) is 2.86. The smallest absolute Gasteiger partial charge is 0.252 e. The zero-order valence-electron chi connectivity index (χ0n) is 7.29. The molecule has 0 aliphatic carbocycles. The fraction of sp³-hybridized carbons (Fsp3) is 0.500. The number of nitrogen functional groups attached to an aromatic ring is 1. The molecule has 0 saturated carbocycles. The standard InChI is InChI=1S/C8H13N3O/c1-3-5(2)6-4-7(12)11-8(9)10-6/h4-5H,3H2,1-2H3,(H3,9,10,11,12). The van der Waals surface area contributed by atoms with Crippen LogP contribution in [0.4, 0.5) is 5.95 Å². The second kappa shape index (κ2) is 3.38. The van der Waals surface area contributed by atoms with Crippen molar-refractivity contribution in [2.45, 2.75) is 26.2 Å². The van der Waals surface area contributed by atoms with Crippen LogP contribution in [-0.2, 0) is 0 Å². The summed E-state index contributed by atoms with van der Waals surface area (Å²) in [6.07, 6.45) is 0.954. The van der Waals surface area contributed by atoms with Crippen molar-refractivity contribution in [3.8, 4) is 0 Å². The molecule has 66 valence electrons. The zero-order valence-corrected chi connectivity index (χ0v) is 7.29. The van der Waals surface area contributed by atoms with Crippen LogP contribution in [-0.4, -0.2) is 9.97 Å². The number of hydrogen-bond donors (Lipinski definition) is 2. The van der Waals surface area contributed by atoms with E-state index in [-0.39, 0.29) is 17.4 Å². The van der Waals surface area contributed by atoms with E-state index >= 15 is 0 Å². The molecule has 1 unspecified atom stereocenters. The molecule has 0 bridgehead atoms. The van der Waals surface area contributed by atoms with E-state index in [0.29, 0.717) is 0 Å². The number of aromatic amines is 1. The van der Waals surface area contributed by atoms with Gasteiger partial charge in [0.25, 0.3) is 5.56 Å². The van der Waals surface area contributed by atoms with E-state index < -0.39 is 0 Å². The predicted octanol–water partition coefficient (Wildman–Crippen LogP) is 0.866. The molecule has 0 aliphatic heterocycles. The van der Waals surface area contributed by atoms with Crippen LogP contribution in [0.3, 0.4) is 0 Å². The highest BCUT2D eigenvalue weighted by atomic mass is 16.1. The third-order valence-electron chi connectivity index (χ3n) is 1.90. The second-order valence-corrected chi connectivity index (χ2v) is 2.86. The highest BCUT2D eigenvalue weighted by molar-refractivity contribution is 5.19. The van der Waals surface area contributed by atoms with E-state index in [9.17, 15) is 4.79 Å². The summed E-state index contributed by atoms with van der Waals surface area (Å²) >= 11 is 0. The van der Waals surface area contributed by atoms with Crippen LogP contribution in [0.25, 0.3) is 0 Å². The Kier molecular flexibility index (Phi) is 2.47. The van der Waals surface area contributed by atoms with Crippen LogP contribution in [0.5, 0.6) is 0 Å². The number of aromatic nitrogens is 2. The number of nitrogens with zero attached hydrogens (tertiary/aromatic N) is 1. The Morgan fingerprint density at radius 3 is 2.92 bits per heavy atom. The fourth-order valence-corrected chi connectivity index (χ4v) is 0.958. The Balaban J connectivity index is 3.08. The minimum atomic E-state index is -0.183. The van der Waals surface area contributed by atoms with Crippen LogP contribution in [0.1, 0.15) is 31.9 Å².